The topological polar surface area (TPSA) is 36.9 Å². The summed E-state index contributed by atoms with van der Waals surface area (Å²) in [7, 11) is 3.26. The molecule has 1 heterocycles. The first-order chi connectivity index (χ1) is 8.83. The summed E-state index contributed by atoms with van der Waals surface area (Å²) in [5.41, 5.74) is 1.06. The molecule has 1 aromatic carbocycles. The minimum Gasteiger partial charge on any atom is -0.493 e. The summed E-state index contributed by atoms with van der Waals surface area (Å²) in [6.07, 6.45) is 3.23. The first-order valence-electron chi connectivity index (χ1n) is 6.27. The van der Waals surface area contributed by atoms with Crippen molar-refractivity contribution in [1.29, 1.82) is 0 Å². The summed E-state index contributed by atoms with van der Waals surface area (Å²) in [6.45, 7) is 1.33. The Balaban J connectivity index is 1.92. The Labute approximate surface area is 108 Å². The van der Waals surface area contributed by atoms with Gasteiger partial charge in [0, 0.05) is 6.61 Å². The van der Waals surface area contributed by atoms with E-state index in [1.807, 2.05) is 18.2 Å². The highest BCUT2D eigenvalue weighted by molar-refractivity contribution is 5.42. The maximum Gasteiger partial charge on any atom is 0.161 e. The Morgan fingerprint density at radius 2 is 2.00 bits per heavy atom. The molecule has 1 saturated heterocycles. The lowest BCUT2D eigenvalue weighted by atomic mass is 10.2. The van der Waals surface area contributed by atoms with Gasteiger partial charge in [-0.05, 0) is 37.0 Å². The number of hydrogen-bond donors (Lipinski definition) is 0. The monoisotopic (exact) mass is 252 g/mol. The van der Waals surface area contributed by atoms with Crippen molar-refractivity contribution in [2.75, 3.05) is 20.8 Å². The first kappa shape index (κ1) is 13.2. The quantitative estimate of drug-likeness (QED) is 0.807. The second kappa shape index (κ2) is 6.61. The molecule has 1 atom stereocenters. The molecule has 0 spiro atoms. The van der Waals surface area contributed by atoms with Crippen LogP contribution in [0.2, 0.25) is 0 Å². The van der Waals surface area contributed by atoms with Gasteiger partial charge in [-0.15, -0.1) is 0 Å². The Morgan fingerprint density at radius 1 is 1.17 bits per heavy atom. The molecule has 0 saturated carbocycles. The Bertz CT molecular complexity index is 372. The van der Waals surface area contributed by atoms with Gasteiger partial charge in [0.2, 0.25) is 0 Å². The molecule has 4 heteroatoms. The van der Waals surface area contributed by atoms with E-state index in [0.29, 0.717) is 6.61 Å². The summed E-state index contributed by atoms with van der Waals surface area (Å²) < 4.78 is 21.7. The Hall–Kier alpha value is -1.26. The van der Waals surface area contributed by atoms with E-state index in [4.69, 9.17) is 18.9 Å². The van der Waals surface area contributed by atoms with E-state index in [9.17, 15) is 0 Å². The number of ether oxygens (including phenoxy) is 4. The molecule has 0 N–H and O–H groups in total. The molecule has 0 amide bonds. The van der Waals surface area contributed by atoms with Gasteiger partial charge in [0.15, 0.2) is 17.8 Å². The van der Waals surface area contributed by atoms with Crippen LogP contribution in [-0.2, 0) is 16.1 Å². The van der Waals surface area contributed by atoms with Gasteiger partial charge in [0.05, 0.1) is 20.8 Å². The zero-order valence-electron chi connectivity index (χ0n) is 11.0. The molecule has 1 unspecified atom stereocenters. The molecular weight excluding hydrogens is 232 g/mol. The highest BCUT2D eigenvalue weighted by Gasteiger charge is 2.14. The smallest absolute Gasteiger partial charge is 0.161 e. The maximum absolute atomic E-state index is 5.72. The van der Waals surface area contributed by atoms with Gasteiger partial charge in [-0.25, -0.2) is 0 Å². The summed E-state index contributed by atoms with van der Waals surface area (Å²) >= 11 is 0. The van der Waals surface area contributed by atoms with E-state index < -0.39 is 0 Å². The Kier molecular flexibility index (Phi) is 4.84. The van der Waals surface area contributed by atoms with Gasteiger partial charge in [0.1, 0.15) is 0 Å². The number of benzene rings is 1. The normalized spacial score (nSPS) is 19.6. The van der Waals surface area contributed by atoms with E-state index in [-0.39, 0.29) is 6.29 Å². The summed E-state index contributed by atoms with van der Waals surface area (Å²) in [6, 6.07) is 5.80. The molecule has 0 radical (unpaired) electrons. The molecule has 0 aliphatic carbocycles. The van der Waals surface area contributed by atoms with E-state index >= 15 is 0 Å². The third-order valence-corrected chi connectivity index (χ3v) is 3.02. The lowest BCUT2D eigenvalue weighted by Gasteiger charge is -2.22. The van der Waals surface area contributed by atoms with Crippen molar-refractivity contribution in [3.8, 4) is 11.5 Å². The van der Waals surface area contributed by atoms with Crippen molar-refractivity contribution in [1.82, 2.24) is 0 Å². The second-order valence-corrected chi connectivity index (χ2v) is 4.30. The van der Waals surface area contributed by atoms with Crippen molar-refractivity contribution in [2.24, 2.45) is 0 Å². The zero-order valence-corrected chi connectivity index (χ0v) is 11.0. The minimum absolute atomic E-state index is 0.0631. The van der Waals surface area contributed by atoms with Crippen molar-refractivity contribution in [3.05, 3.63) is 23.8 Å². The van der Waals surface area contributed by atoms with E-state index in [0.717, 1.165) is 36.5 Å². The largest absolute Gasteiger partial charge is 0.493 e. The van der Waals surface area contributed by atoms with Gasteiger partial charge < -0.3 is 18.9 Å². The standard InChI is InChI=1S/C14H20O4/c1-15-12-7-6-11(9-13(12)16-2)10-18-14-5-3-4-8-17-14/h6-7,9,14H,3-5,8,10H2,1-2H3. The minimum atomic E-state index is -0.0631. The fourth-order valence-corrected chi connectivity index (χ4v) is 2.00. The van der Waals surface area contributed by atoms with Crippen LogP contribution >= 0.6 is 0 Å². The van der Waals surface area contributed by atoms with Crippen molar-refractivity contribution < 1.29 is 18.9 Å². The van der Waals surface area contributed by atoms with Gasteiger partial charge in [-0.3, -0.25) is 0 Å². The number of hydrogen-bond acceptors (Lipinski definition) is 4. The first-order valence-corrected chi connectivity index (χ1v) is 6.27. The van der Waals surface area contributed by atoms with Crippen molar-refractivity contribution >= 4 is 0 Å². The van der Waals surface area contributed by atoms with Crippen LogP contribution in [0.15, 0.2) is 18.2 Å². The van der Waals surface area contributed by atoms with Crippen LogP contribution in [-0.4, -0.2) is 27.1 Å². The van der Waals surface area contributed by atoms with Crippen LogP contribution in [0.4, 0.5) is 0 Å². The zero-order chi connectivity index (χ0) is 12.8. The highest BCUT2D eigenvalue weighted by atomic mass is 16.7. The summed E-state index contributed by atoms with van der Waals surface area (Å²) in [5, 5.41) is 0. The lowest BCUT2D eigenvalue weighted by molar-refractivity contribution is -0.168. The van der Waals surface area contributed by atoms with Crippen LogP contribution in [0, 0.1) is 0 Å². The predicted molar refractivity (Wildman–Crippen MR) is 67.9 cm³/mol. The molecule has 4 nitrogen and oxygen atoms in total. The molecule has 0 aromatic heterocycles. The number of methoxy groups -OCH3 is 2. The van der Waals surface area contributed by atoms with Crippen molar-refractivity contribution in [2.45, 2.75) is 32.2 Å². The second-order valence-electron chi connectivity index (χ2n) is 4.30. The fraction of sp³-hybridized carbons (Fsp3) is 0.571. The molecular formula is C14H20O4. The van der Waals surface area contributed by atoms with Crippen LogP contribution in [0.1, 0.15) is 24.8 Å². The third-order valence-electron chi connectivity index (χ3n) is 3.02. The van der Waals surface area contributed by atoms with Crippen LogP contribution < -0.4 is 9.47 Å². The fourth-order valence-electron chi connectivity index (χ4n) is 2.00. The van der Waals surface area contributed by atoms with Crippen LogP contribution in [0.5, 0.6) is 11.5 Å². The molecule has 18 heavy (non-hydrogen) atoms. The molecule has 100 valence electrons. The average Bonchev–Trinajstić information content (AvgIpc) is 2.45. The van der Waals surface area contributed by atoms with Gasteiger partial charge in [-0.1, -0.05) is 6.07 Å². The molecule has 1 aromatic rings. The molecule has 1 aliphatic rings. The average molecular weight is 252 g/mol. The Morgan fingerprint density at radius 3 is 2.67 bits per heavy atom. The molecule has 1 fully saturated rings. The molecule has 0 bridgehead atoms. The van der Waals surface area contributed by atoms with E-state index in [2.05, 4.69) is 0 Å². The summed E-state index contributed by atoms with van der Waals surface area (Å²) in [5.74, 6) is 1.46. The van der Waals surface area contributed by atoms with E-state index in [1.54, 1.807) is 14.2 Å². The van der Waals surface area contributed by atoms with E-state index in [1.165, 1.54) is 6.42 Å². The number of rotatable bonds is 5. The predicted octanol–water partition coefficient (Wildman–Crippen LogP) is 2.75. The third kappa shape index (κ3) is 3.37. The summed E-state index contributed by atoms with van der Waals surface area (Å²) in [4.78, 5) is 0. The van der Waals surface area contributed by atoms with Crippen LogP contribution in [0.3, 0.4) is 0 Å². The SMILES string of the molecule is COc1ccc(COC2CCCCO2)cc1OC. The van der Waals surface area contributed by atoms with Gasteiger partial charge in [-0.2, -0.15) is 0 Å². The van der Waals surface area contributed by atoms with Gasteiger partial charge >= 0.3 is 0 Å². The van der Waals surface area contributed by atoms with Gasteiger partial charge in [0.25, 0.3) is 0 Å². The highest BCUT2D eigenvalue weighted by Crippen LogP contribution is 2.28. The molecule has 2 rings (SSSR count). The van der Waals surface area contributed by atoms with Crippen molar-refractivity contribution in [3.63, 3.8) is 0 Å². The maximum atomic E-state index is 5.72. The van der Waals surface area contributed by atoms with Crippen LogP contribution in [0.25, 0.3) is 0 Å². The lowest BCUT2D eigenvalue weighted by Crippen LogP contribution is -2.21. The molecule has 1 aliphatic heterocycles.